The van der Waals surface area contributed by atoms with Gasteiger partial charge in [0.1, 0.15) is 0 Å². The van der Waals surface area contributed by atoms with Gasteiger partial charge in [0.2, 0.25) is 0 Å². The summed E-state index contributed by atoms with van der Waals surface area (Å²) in [5.74, 6) is 0. The Morgan fingerprint density at radius 2 is 1.14 bits per heavy atom. The molecule has 3 nitrogen and oxygen atoms in total. The second-order valence-electron chi connectivity index (χ2n) is 12.7. The number of hydrogen-bond acceptors (Lipinski definition) is 2. The maximum atomic E-state index is 15.2. The minimum atomic E-state index is -3.04. The van der Waals surface area contributed by atoms with E-state index in [2.05, 4.69) is 125 Å². The molecule has 230 valence electrons. The summed E-state index contributed by atoms with van der Waals surface area (Å²) in [5.41, 5.74) is 11.1. The van der Waals surface area contributed by atoms with Crippen LogP contribution in [0.5, 0.6) is 0 Å². The Hall–Kier alpha value is -6.02. The van der Waals surface area contributed by atoms with Gasteiger partial charge in [0.25, 0.3) is 0 Å². The van der Waals surface area contributed by atoms with Gasteiger partial charge in [-0.15, -0.1) is 0 Å². The van der Waals surface area contributed by atoms with Crippen molar-refractivity contribution in [2.24, 2.45) is 0 Å². The molecule has 1 aliphatic rings. The van der Waals surface area contributed by atoms with E-state index >= 15 is 4.57 Å². The summed E-state index contributed by atoms with van der Waals surface area (Å²) < 4.78 is 17.6. The van der Waals surface area contributed by atoms with Crippen molar-refractivity contribution in [2.75, 3.05) is 0 Å². The van der Waals surface area contributed by atoms with Crippen molar-refractivity contribution in [3.05, 3.63) is 176 Å². The van der Waals surface area contributed by atoms with Crippen LogP contribution in [-0.2, 0) is 4.57 Å². The minimum Gasteiger partial charge on any atom is -0.309 e. The molecular formula is C45H29N2OP. The first-order chi connectivity index (χ1) is 24.2. The van der Waals surface area contributed by atoms with Crippen LogP contribution in [0.4, 0.5) is 0 Å². The first kappa shape index (κ1) is 28.0. The Balaban J connectivity index is 1.09. The molecule has 0 saturated heterocycles. The van der Waals surface area contributed by atoms with Gasteiger partial charge < -0.3 is 9.13 Å². The molecule has 0 fully saturated rings. The number of nitrogens with zero attached hydrogens (tertiary/aromatic N) is 2. The molecule has 1 atom stereocenters. The van der Waals surface area contributed by atoms with Crippen molar-refractivity contribution in [3.63, 3.8) is 0 Å². The van der Waals surface area contributed by atoms with Crippen LogP contribution in [0.1, 0.15) is 0 Å². The van der Waals surface area contributed by atoms with E-state index in [4.69, 9.17) is 0 Å². The highest BCUT2D eigenvalue weighted by Crippen LogP contribution is 2.53. The number of rotatable bonds is 4. The normalized spacial score (nSPS) is 15.1. The van der Waals surface area contributed by atoms with Gasteiger partial charge in [-0.1, -0.05) is 133 Å². The third-order valence-electron chi connectivity index (χ3n) is 10.1. The standard InChI is InChI=1S/C45H29N2OP/c48-49(35-12-2-1-3-13-35)43-18-7-5-15-38(43)40-28-42-39(29-44(40)49)37-14-4-6-17-41(37)47(42)34-25-23-31(24-26-34)30-19-21-32(22-20-30)36-16-8-10-33-11-9-27-46-45(33)36/h1-29H. The molecule has 1 aliphatic heterocycles. The lowest BCUT2D eigenvalue weighted by Gasteiger charge is -2.16. The Morgan fingerprint density at radius 3 is 1.98 bits per heavy atom. The van der Waals surface area contributed by atoms with Gasteiger partial charge in [-0.25, -0.2) is 0 Å². The van der Waals surface area contributed by atoms with Gasteiger partial charge in [-0.05, 0) is 64.2 Å². The third kappa shape index (κ3) is 4.16. The number of para-hydroxylation sites is 2. The largest absolute Gasteiger partial charge is 0.309 e. The molecular weight excluding hydrogens is 615 g/mol. The lowest BCUT2D eigenvalue weighted by molar-refractivity contribution is 0.593. The molecule has 7 aromatic carbocycles. The molecule has 0 N–H and O–H groups in total. The Morgan fingerprint density at radius 1 is 0.469 bits per heavy atom. The second kappa shape index (κ2) is 10.8. The molecule has 0 radical (unpaired) electrons. The van der Waals surface area contributed by atoms with Crippen LogP contribution in [0.15, 0.2) is 176 Å². The van der Waals surface area contributed by atoms with E-state index in [1.165, 1.54) is 0 Å². The summed E-state index contributed by atoms with van der Waals surface area (Å²) in [6.07, 6.45) is 1.86. The predicted molar refractivity (Wildman–Crippen MR) is 205 cm³/mol. The molecule has 0 aliphatic carbocycles. The highest BCUT2D eigenvalue weighted by molar-refractivity contribution is 7.86. The minimum absolute atomic E-state index is 0.877. The van der Waals surface area contributed by atoms with Crippen LogP contribution in [0.2, 0.25) is 0 Å². The summed E-state index contributed by atoms with van der Waals surface area (Å²) in [4.78, 5) is 4.65. The average Bonchev–Trinajstić information content (AvgIpc) is 3.63. The van der Waals surface area contributed by atoms with Crippen LogP contribution in [-0.4, -0.2) is 9.55 Å². The van der Waals surface area contributed by atoms with Crippen LogP contribution in [0, 0.1) is 0 Å². The van der Waals surface area contributed by atoms with E-state index < -0.39 is 7.14 Å². The number of benzene rings is 7. The summed E-state index contributed by atoms with van der Waals surface area (Å²) >= 11 is 0. The smallest absolute Gasteiger partial charge is 0.172 e. The van der Waals surface area contributed by atoms with Crippen molar-refractivity contribution < 1.29 is 4.57 Å². The SMILES string of the molecule is O=P1(c2ccccc2)c2ccccc2-c2cc3c(cc21)c1ccccc1n3-c1ccc(-c2ccc(-c3cccc4cccnc34)cc2)cc1. The van der Waals surface area contributed by atoms with Crippen molar-refractivity contribution in [3.8, 4) is 39.1 Å². The van der Waals surface area contributed by atoms with Crippen molar-refractivity contribution >= 4 is 55.8 Å². The van der Waals surface area contributed by atoms with E-state index in [1.54, 1.807) is 0 Å². The van der Waals surface area contributed by atoms with E-state index in [9.17, 15) is 0 Å². The Kier molecular flexibility index (Phi) is 6.15. The third-order valence-corrected chi connectivity index (χ3v) is 13.2. The fraction of sp³-hybridized carbons (Fsp3) is 0. The van der Waals surface area contributed by atoms with E-state index in [0.717, 1.165) is 87.7 Å². The molecule has 0 amide bonds. The summed E-state index contributed by atoms with van der Waals surface area (Å²) in [5, 5.41) is 6.13. The molecule has 10 rings (SSSR count). The van der Waals surface area contributed by atoms with E-state index in [-0.39, 0.29) is 0 Å². The summed E-state index contributed by atoms with van der Waals surface area (Å²) in [6, 6.07) is 59.2. The molecule has 1 unspecified atom stereocenters. The van der Waals surface area contributed by atoms with Crippen LogP contribution >= 0.6 is 7.14 Å². The first-order valence-electron chi connectivity index (χ1n) is 16.6. The molecule has 49 heavy (non-hydrogen) atoms. The fourth-order valence-electron chi connectivity index (χ4n) is 7.76. The monoisotopic (exact) mass is 644 g/mol. The zero-order valence-corrected chi connectivity index (χ0v) is 27.4. The maximum absolute atomic E-state index is 15.2. The number of fused-ring (bicyclic) bond motifs is 7. The maximum Gasteiger partial charge on any atom is 0.172 e. The van der Waals surface area contributed by atoms with Gasteiger partial charge in [0.15, 0.2) is 7.14 Å². The van der Waals surface area contributed by atoms with Gasteiger partial charge >= 0.3 is 0 Å². The van der Waals surface area contributed by atoms with Gasteiger partial charge in [-0.2, -0.15) is 0 Å². The molecule has 3 heterocycles. The van der Waals surface area contributed by atoms with Crippen molar-refractivity contribution in [1.82, 2.24) is 9.55 Å². The zero-order valence-electron chi connectivity index (χ0n) is 26.5. The Labute approximate surface area is 284 Å². The molecule has 0 bridgehead atoms. The summed E-state index contributed by atoms with van der Waals surface area (Å²) in [6.45, 7) is 0. The van der Waals surface area contributed by atoms with Gasteiger partial charge in [0, 0.05) is 49.5 Å². The average molecular weight is 645 g/mol. The van der Waals surface area contributed by atoms with Crippen LogP contribution < -0.4 is 15.9 Å². The van der Waals surface area contributed by atoms with Gasteiger partial charge in [-0.3, -0.25) is 4.98 Å². The number of pyridine rings is 1. The highest BCUT2D eigenvalue weighted by Gasteiger charge is 2.40. The first-order valence-corrected chi connectivity index (χ1v) is 18.3. The van der Waals surface area contributed by atoms with Crippen molar-refractivity contribution in [2.45, 2.75) is 0 Å². The predicted octanol–water partition coefficient (Wildman–Crippen LogP) is 10.3. The lowest BCUT2D eigenvalue weighted by Crippen LogP contribution is -2.20. The molecule has 0 saturated carbocycles. The van der Waals surface area contributed by atoms with Gasteiger partial charge in [0.05, 0.1) is 16.6 Å². The summed E-state index contributed by atoms with van der Waals surface area (Å²) in [7, 11) is -3.04. The zero-order chi connectivity index (χ0) is 32.5. The highest BCUT2D eigenvalue weighted by atomic mass is 31.2. The molecule has 2 aromatic heterocycles. The molecule has 0 spiro atoms. The van der Waals surface area contributed by atoms with Crippen molar-refractivity contribution in [1.29, 1.82) is 0 Å². The quantitative estimate of drug-likeness (QED) is 0.179. The lowest BCUT2D eigenvalue weighted by atomic mass is 9.98. The van der Waals surface area contributed by atoms with Crippen LogP contribution in [0.25, 0.3) is 71.8 Å². The molecule has 4 heteroatoms. The number of hydrogen-bond donors (Lipinski definition) is 0. The van der Waals surface area contributed by atoms with Crippen LogP contribution in [0.3, 0.4) is 0 Å². The van der Waals surface area contributed by atoms with E-state index in [1.807, 2.05) is 60.8 Å². The second-order valence-corrected chi connectivity index (χ2v) is 15.4. The number of aromatic nitrogens is 2. The fourth-order valence-corrected chi connectivity index (χ4v) is 10.8. The molecule has 9 aromatic rings. The Bertz CT molecular complexity index is 2780. The van der Waals surface area contributed by atoms with E-state index in [0.29, 0.717) is 0 Å². The topological polar surface area (TPSA) is 34.9 Å².